The molecule has 1 N–H and O–H groups in total. The molecule has 0 spiro atoms. The fourth-order valence-electron chi connectivity index (χ4n) is 3.93. The Morgan fingerprint density at radius 2 is 2.05 bits per heavy atom. The number of benzene rings is 1. The highest BCUT2D eigenvalue weighted by Crippen LogP contribution is 2.40. The molecule has 0 radical (unpaired) electrons. The van der Waals surface area contributed by atoms with Gasteiger partial charge in [-0.15, -0.1) is 0 Å². The summed E-state index contributed by atoms with van der Waals surface area (Å²) in [4.78, 5) is 2.66. The molecule has 1 aliphatic heterocycles. The molecule has 2 fully saturated rings. The van der Waals surface area contributed by atoms with Crippen molar-refractivity contribution >= 4 is 21.6 Å². The lowest BCUT2D eigenvalue weighted by Gasteiger charge is -2.33. The van der Waals surface area contributed by atoms with Gasteiger partial charge in [0.25, 0.3) is 0 Å². The summed E-state index contributed by atoms with van der Waals surface area (Å²) in [5.74, 6) is 0.943. The maximum Gasteiger partial charge on any atom is 0.0380 e. The van der Waals surface area contributed by atoms with Crippen molar-refractivity contribution in [2.45, 2.75) is 51.1 Å². The van der Waals surface area contributed by atoms with Crippen LogP contribution >= 0.6 is 15.9 Å². The fourth-order valence-corrected chi connectivity index (χ4v) is 4.64. The second kappa shape index (κ2) is 6.07. The van der Waals surface area contributed by atoms with E-state index in [4.69, 9.17) is 0 Å². The van der Waals surface area contributed by atoms with Gasteiger partial charge in [-0.05, 0) is 56.8 Å². The molecule has 3 heteroatoms. The Morgan fingerprint density at radius 3 is 2.80 bits per heavy atom. The van der Waals surface area contributed by atoms with E-state index >= 15 is 0 Å². The quantitative estimate of drug-likeness (QED) is 0.874. The minimum Gasteiger partial charge on any atom is -0.368 e. The Morgan fingerprint density at radius 1 is 1.25 bits per heavy atom. The Hall–Kier alpha value is -0.540. The van der Waals surface area contributed by atoms with E-state index in [1.54, 1.807) is 0 Å². The van der Waals surface area contributed by atoms with Crippen LogP contribution in [0.1, 0.15) is 50.6 Å². The third-order valence-electron chi connectivity index (χ3n) is 5.23. The van der Waals surface area contributed by atoms with Gasteiger partial charge in [-0.3, -0.25) is 0 Å². The molecule has 1 aromatic carbocycles. The zero-order chi connectivity index (χ0) is 14.1. The molecule has 1 heterocycles. The van der Waals surface area contributed by atoms with E-state index in [0.717, 1.165) is 12.0 Å². The molecule has 1 aromatic rings. The average Bonchev–Trinajstić information content (AvgIpc) is 2.90. The second-order valence-electron chi connectivity index (χ2n) is 6.31. The van der Waals surface area contributed by atoms with E-state index in [0.29, 0.717) is 6.04 Å². The number of hydrogen-bond donors (Lipinski definition) is 1. The summed E-state index contributed by atoms with van der Waals surface area (Å²) in [6, 6.07) is 8.09. The van der Waals surface area contributed by atoms with E-state index in [2.05, 4.69) is 51.3 Å². The summed E-state index contributed by atoms with van der Waals surface area (Å²) in [6.07, 6.45) is 7.07. The van der Waals surface area contributed by atoms with Crippen LogP contribution in [0.2, 0.25) is 0 Å². The van der Waals surface area contributed by atoms with Crippen molar-refractivity contribution in [3.05, 3.63) is 28.2 Å². The van der Waals surface area contributed by atoms with Gasteiger partial charge in [0.05, 0.1) is 0 Å². The maximum atomic E-state index is 3.76. The van der Waals surface area contributed by atoms with Crippen LogP contribution < -0.4 is 10.2 Å². The highest BCUT2D eigenvalue weighted by molar-refractivity contribution is 9.10. The van der Waals surface area contributed by atoms with Gasteiger partial charge in [0.15, 0.2) is 0 Å². The maximum absolute atomic E-state index is 3.76. The molecule has 0 bridgehead atoms. The lowest BCUT2D eigenvalue weighted by Crippen LogP contribution is -2.34. The van der Waals surface area contributed by atoms with Crippen LogP contribution in [0.3, 0.4) is 0 Å². The van der Waals surface area contributed by atoms with Crippen molar-refractivity contribution in [3.8, 4) is 0 Å². The van der Waals surface area contributed by atoms with E-state index < -0.39 is 0 Å². The second-order valence-corrected chi connectivity index (χ2v) is 7.16. The predicted molar refractivity (Wildman–Crippen MR) is 89.3 cm³/mol. The van der Waals surface area contributed by atoms with Gasteiger partial charge in [-0.25, -0.2) is 0 Å². The molecule has 3 atom stereocenters. The first-order valence-corrected chi connectivity index (χ1v) is 8.73. The molecule has 110 valence electrons. The number of halogens is 1. The van der Waals surface area contributed by atoms with Crippen molar-refractivity contribution < 1.29 is 0 Å². The summed E-state index contributed by atoms with van der Waals surface area (Å²) >= 11 is 3.76. The number of hydrogen-bond acceptors (Lipinski definition) is 2. The van der Waals surface area contributed by atoms with E-state index in [-0.39, 0.29) is 0 Å². The summed E-state index contributed by atoms with van der Waals surface area (Å²) < 4.78 is 1.23. The first-order chi connectivity index (χ1) is 9.70. The van der Waals surface area contributed by atoms with Crippen molar-refractivity contribution in [2.75, 3.05) is 18.5 Å². The molecule has 3 rings (SSSR count). The molecular weight excluding hydrogens is 312 g/mol. The molecule has 2 nitrogen and oxygen atoms in total. The summed E-state index contributed by atoms with van der Waals surface area (Å²) in [5.41, 5.74) is 2.74. The molecule has 1 saturated carbocycles. The number of fused-ring (bicyclic) bond motifs is 1. The highest BCUT2D eigenvalue weighted by Gasteiger charge is 2.35. The van der Waals surface area contributed by atoms with Crippen molar-refractivity contribution in [1.82, 2.24) is 5.32 Å². The number of rotatable bonds is 3. The Bertz CT molecular complexity index is 474. The van der Waals surface area contributed by atoms with Gasteiger partial charge in [0.1, 0.15) is 0 Å². The van der Waals surface area contributed by atoms with Gasteiger partial charge in [0.2, 0.25) is 0 Å². The first-order valence-electron chi connectivity index (χ1n) is 7.94. The van der Waals surface area contributed by atoms with Crippen LogP contribution in [0.15, 0.2) is 22.7 Å². The normalized spacial score (nSPS) is 27.4. The Labute approximate surface area is 131 Å². The summed E-state index contributed by atoms with van der Waals surface area (Å²) in [5, 5.41) is 3.31. The number of nitrogens with zero attached hydrogens (tertiary/aromatic N) is 1. The standard InChI is InChI=1S/C17H25BrN2/c1-12(19-2)15-8-7-14(11-16(15)18)20-10-9-13-5-3-4-6-17(13)20/h7-8,11-13,17,19H,3-6,9-10H2,1-2H3. The molecule has 1 aliphatic carbocycles. The van der Waals surface area contributed by atoms with Crippen LogP contribution in [0.5, 0.6) is 0 Å². The Balaban J connectivity index is 1.82. The van der Waals surface area contributed by atoms with E-state index in [1.807, 2.05) is 7.05 Å². The SMILES string of the molecule is CNC(C)c1ccc(N2CCC3CCCCC32)cc1Br. The van der Waals surface area contributed by atoms with Crippen LogP contribution in [0.4, 0.5) is 5.69 Å². The van der Waals surface area contributed by atoms with Gasteiger partial charge in [-0.2, -0.15) is 0 Å². The van der Waals surface area contributed by atoms with Gasteiger partial charge in [-0.1, -0.05) is 34.8 Å². The van der Waals surface area contributed by atoms with Crippen molar-refractivity contribution in [1.29, 1.82) is 0 Å². The smallest absolute Gasteiger partial charge is 0.0380 e. The van der Waals surface area contributed by atoms with Crippen molar-refractivity contribution in [2.24, 2.45) is 5.92 Å². The minimum absolute atomic E-state index is 0.388. The zero-order valence-corrected chi connectivity index (χ0v) is 14.1. The highest BCUT2D eigenvalue weighted by atomic mass is 79.9. The van der Waals surface area contributed by atoms with E-state index in [9.17, 15) is 0 Å². The zero-order valence-electron chi connectivity index (χ0n) is 12.5. The van der Waals surface area contributed by atoms with Crippen LogP contribution in [-0.2, 0) is 0 Å². The molecule has 0 aromatic heterocycles. The lowest BCUT2D eigenvalue weighted by molar-refractivity contribution is 0.342. The molecule has 2 aliphatic rings. The summed E-state index contributed by atoms with van der Waals surface area (Å²) in [7, 11) is 2.01. The topological polar surface area (TPSA) is 15.3 Å². The molecule has 20 heavy (non-hydrogen) atoms. The largest absolute Gasteiger partial charge is 0.368 e. The lowest BCUT2D eigenvalue weighted by atomic mass is 9.85. The van der Waals surface area contributed by atoms with Crippen LogP contribution in [-0.4, -0.2) is 19.6 Å². The molecule has 0 amide bonds. The van der Waals surface area contributed by atoms with Gasteiger partial charge < -0.3 is 10.2 Å². The van der Waals surface area contributed by atoms with Crippen LogP contribution in [0, 0.1) is 5.92 Å². The van der Waals surface area contributed by atoms with Crippen LogP contribution in [0.25, 0.3) is 0 Å². The summed E-state index contributed by atoms with van der Waals surface area (Å²) in [6.45, 7) is 3.44. The monoisotopic (exact) mass is 336 g/mol. The average molecular weight is 337 g/mol. The Kier molecular flexibility index (Phi) is 4.37. The minimum atomic E-state index is 0.388. The predicted octanol–water partition coefficient (Wildman–Crippen LogP) is 4.50. The number of anilines is 1. The molecule has 1 saturated heterocycles. The fraction of sp³-hybridized carbons (Fsp3) is 0.647. The number of nitrogens with one attached hydrogen (secondary N) is 1. The third kappa shape index (κ3) is 2.62. The van der Waals surface area contributed by atoms with Gasteiger partial charge in [0, 0.05) is 28.8 Å². The first kappa shape index (κ1) is 14.4. The van der Waals surface area contributed by atoms with Gasteiger partial charge >= 0.3 is 0 Å². The third-order valence-corrected chi connectivity index (χ3v) is 5.91. The molecular formula is C17H25BrN2. The van der Waals surface area contributed by atoms with Crippen molar-refractivity contribution in [3.63, 3.8) is 0 Å². The molecule has 3 unspecified atom stereocenters. The van der Waals surface area contributed by atoms with E-state index in [1.165, 1.54) is 54.4 Å².